The molecular weight excluding hydrogens is 244 g/mol. The molecule has 0 fully saturated rings. The molecule has 0 saturated carbocycles. The van der Waals surface area contributed by atoms with Gasteiger partial charge in [0.15, 0.2) is 5.78 Å². The average Bonchev–Trinajstić information content (AvgIpc) is 2.34. The van der Waals surface area contributed by atoms with Crippen molar-refractivity contribution < 1.29 is 4.79 Å². The van der Waals surface area contributed by atoms with Crippen LogP contribution in [0.25, 0.3) is 11.1 Å². The third kappa shape index (κ3) is 2.46. The number of rotatable bonds is 2. The summed E-state index contributed by atoms with van der Waals surface area (Å²) in [5.74, 6) is 0.0835. The zero-order valence-corrected chi connectivity index (χ0v) is 11.5. The number of hydrogen-bond acceptors (Lipinski definition) is 1. The summed E-state index contributed by atoms with van der Waals surface area (Å²) in [6.07, 6.45) is 0. The molecule has 2 aromatic carbocycles. The molecule has 0 radical (unpaired) electrons. The SMILES string of the molecule is CC(=O)c1cccc(-c2cc(C)c(Cl)cc2C)c1. The van der Waals surface area contributed by atoms with E-state index in [0.29, 0.717) is 0 Å². The summed E-state index contributed by atoms with van der Waals surface area (Å²) in [5, 5.41) is 0.777. The number of carbonyl (C=O) groups excluding carboxylic acids is 1. The lowest BCUT2D eigenvalue weighted by Gasteiger charge is -2.10. The average molecular weight is 259 g/mol. The van der Waals surface area contributed by atoms with Crippen LogP contribution in [0.3, 0.4) is 0 Å². The van der Waals surface area contributed by atoms with Gasteiger partial charge in [-0.05, 0) is 61.2 Å². The molecule has 0 heterocycles. The summed E-state index contributed by atoms with van der Waals surface area (Å²) < 4.78 is 0. The van der Waals surface area contributed by atoms with Gasteiger partial charge in [0.25, 0.3) is 0 Å². The lowest BCUT2D eigenvalue weighted by molar-refractivity contribution is 0.101. The van der Waals surface area contributed by atoms with Crippen molar-refractivity contribution in [3.8, 4) is 11.1 Å². The normalized spacial score (nSPS) is 10.4. The molecule has 0 atom stereocenters. The van der Waals surface area contributed by atoms with Crippen LogP contribution in [0.15, 0.2) is 36.4 Å². The Labute approximate surface area is 112 Å². The van der Waals surface area contributed by atoms with E-state index in [4.69, 9.17) is 11.6 Å². The van der Waals surface area contributed by atoms with Gasteiger partial charge >= 0.3 is 0 Å². The lowest BCUT2D eigenvalue weighted by atomic mass is 9.96. The Morgan fingerprint density at radius 1 is 1.06 bits per heavy atom. The van der Waals surface area contributed by atoms with Gasteiger partial charge in [-0.25, -0.2) is 0 Å². The van der Waals surface area contributed by atoms with Gasteiger partial charge in [0.05, 0.1) is 0 Å². The van der Waals surface area contributed by atoms with Crippen LogP contribution in [0.2, 0.25) is 5.02 Å². The van der Waals surface area contributed by atoms with Crippen molar-refractivity contribution in [3.63, 3.8) is 0 Å². The highest BCUT2D eigenvalue weighted by atomic mass is 35.5. The van der Waals surface area contributed by atoms with Crippen LogP contribution in [0.5, 0.6) is 0 Å². The standard InChI is InChI=1S/C16H15ClO/c1-10-8-16(17)11(2)7-15(10)14-6-4-5-13(9-14)12(3)18/h4-9H,1-3H3. The second kappa shape index (κ2) is 4.95. The molecule has 0 aliphatic rings. The van der Waals surface area contributed by atoms with Crippen molar-refractivity contribution in [3.05, 3.63) is 58.1 Å². The summed E-state index contributed by atoms with van der Waals surface area (Å²) in [7, 11) is 0. The minimum absolute atomic E-state index is 0.0835. The number of hydrogen-bond donors (Lipinski definition) is 0. The first-order valence-corrected chi connectivity index (χ1v) is 6.25. The molecule has 0 aliphatic carbocycles. The Hall–Kier alpha value is -1.60. The molecule has 92 valence electrons. The van der Waals surface area contributed by atoms with Crippen LogP contribution >= 0.6 is 11.6 Å². The van der Waals surface area contributed by atoms with Crippen LogP contribution in [0, 0.1) is 13.8 Å². The van der Waals surface area contributed by atoms with E-state index in [1.165, 1.54) is 0 Å². The highest BCUT2D eigenvalue weighted by Crippen LogP contribution is 2.29. The van der Waals surface area contributed by atoms with Crippen molar-refractivity contribution in [2.24, 2.45) is 0 Å². The zero-order valence-electron chi connectivity index (χ0n) is 10.8. The Kier molecular flexibility index (Phi) is 3.53. The van der Waals surface area contributed by atoms with E-state index in [0.717, 1.165) is 32.8 Å². The summed E-state index contributed by atoms with van der Waals surface area (Å²) in [5.41, 5.74) is 5.08. The van der Waals surface area contributed by atoms with Crippen LogP contribution in [-0.2, 0) is 0 Å². The van der Waals surface area contributed by atoms with E-state index >= 15 is 0 Å². The summed E-state index contributed by atoms with van der Waals surface area (Å²) in [6, 6.07) is 11.7. The predicted molar refractivity (Wildman–Crippen MR) is 76.4 cm³/mol. The van der Waals surface area contributed by atoms with Gasteiger partial charge in [0.2, 0.25) is 0 Å². The van der Waals surface area contributed by atoms with Crippen molar-refractivity contribution >= 4 is 17.4 Å². The Morgan fingerprint density at radius 3 is 2.44 bits per heavy atom. The molecule has 0 aromatic heterocycles. The van der Waals surface area contributed by atoms with Gasteiger partial charge in [-0.3, -0.25) is 4.79 Å². The fourth-order valence-corrected chi connectivity index (χ4v) is 2.22. The van der Waals surface area contributed by atoms with E-state index in [-0.39, 0.29) is 5.78 Å². The molecule has 2 heteroatoms. The maximum atomic E-state index is 11.4. The minimum Gasteiger partial charge on any atom is -0.295 e. The van der Waals surface area contributed by atoms with Gasteiger partial charge in [-0.2, -0.15) is 0 Å². The second-order valence-corrected chi connectivity index (χ2v) is 4.96. The lowest BCUT2D eigenvalue weighted by Crippen LogP contribution is -1.93. The number of aryl methyl sites for hydroxylation is 2. The highest BCUT2D eigenvalue weighted by molar-refractivity contribution is 6.31. The van der Waals surface area contributed by atoms with Crippen LogP contribution in [0.1, 0.15) is 28.4 Å². The second-order valence-electron chi connectivity index (χ2n) is 4.55. The van der Waals surface area contributed by atoms with E-state index in [1.54, 1.807) is 6.92 Å². The zero-order chi connectivity index (χ0) is 13.3. The van der Waals surface area contributed by atoms with Gasteiger partial charge < -0.3 is 0 Å². The van der Waals surface area contributed by atoms with Crippen LogP contribution in [-0.4, -0.2) is 5.78 Å². The number of ketones is 1. The van der Waals surface area contributed by atoms with Crippen molar-refractivity contribution in [2.75, 3.05) is 0 Å². The summed E-state index contributed by atoms with van der Waals surface area (Å²) in [4.78, 5) is 11.4. The Bertz CT molecular complexity index is 614. The van der Waals surface area contributed by atoms with E-state index < -0.39 is 0 Å². The van der Waals surface area contributed by atoms with Crippen LogP contribution < -0.4 is 0 Å². The molecule has 0 saturated heterocycles. The molecule has 2 rings (SSSR count). The van der Waals surface area contributed by atoms with Crippen molar-refractivity contribution in [2.45, 2.75) is 20.8 Å². The Morgan fingerprint density at radius 2 is 1.78 bits per heavy atom. The van der Waals surface area contributed by atoms with Gasteiger partial charge in [-0.1, -0.05) is 29.8 Å². The fourth-order valence-electron chi connectivity index (χ4n) is 2.00. The molecule has 1 nitrogen and oxygen atoms in total. The van der Waals surface area contributed by atoms with Gasteiger partial charge in [0, 0.05) is 10.6 Å². The van der Waals surface area contributed by atoms with E-state index in [9.17, 15) is 4.79 Å². The number of carbonyl (C=O) groups is 1. The topological polar surface area (TPSA) is 17.1 Å². The van der Waals surface area contributed by atoms with Crippen LogP contribution in [0.4, 0.5) is 0 Å². The van der Waals surface area contributed by atoms with Crippen molar-refractivity contribution in [1.29, 1.82) is 0 Å². The molecular formula is C16H15ClO. The predicted octanol–water partition coefficient (Wildman–Crippen LogP) is 4.83. The maximum absolute atomic E-state index is 11.4. The number of halogens is 1. The maximum Gasteiger partial charge on any atom is 0.159 e. The molecule has 0 spiro atoms. The highest BCUT2D eigenvalue weighted by Gasteiger charge is 2.07. The molecule has 0 unspecified atom stereocenters. The molecule has 2 aromatic rings. The van der Waals surface area contributed by atoms with Gasteiger partial charge in [-0.15, -0.1) is 0 Å². The number of Topliss-reactive ketones (excluding diaryl/α,β-unsaturated/α-hetero) is 1. The monoisotopic (exact) mass is 258 g/mol. The van der Waals surface area contributed by atoms with Crippen molar-refractivity contribution in [1.82, 2.24) is 0 Å². The first kappa shape index (κ1) is 12.8. The minimum atomic E-state index is 0.0835. The quantitative estimate of drug-likeness (QED) is 0.706. The molecule has 0 amide bonds. The summed E-state index contributed by atoms with van der Waals surface area (Å²) in [6.45, 7) is 5.60. The third-order valence-corrected chi connectivity index (χ3v) is 3.49. The first-order chi connectivity index (χ1) is 8.49. The molecule has 18 heavy (non-hydrogen) atoms. The molecule has 0 bridgehead atoms. The molecule has 0 N–H and O–H groups in total. The number of benzene rings is 2. The largest absolute Gasteiger partial charge is 0.295 e. The third-order valence-electron chi connectivity index (χ3n) is 3.09. The summed E-state index contributed by atoms with van der Waals surface area (Å²) >= 11 is 6.10. The fraction of sp³-hybridized carbons (Fsp3) is 0.188. The first-order valence-electron chi connectivity index (χ1n) is 5.87. The smallest absolute Gasteiger partial charge is 0.159 e. The van der Waals surface area contributed by atoms with E-state index in [2.05, 4.69) is 6.07 Å². The molecule has 0 aliphatic heterocycles. The van der Waals surface area contributed by atoms with E-state index in [1.807, 2.05) is 44.2 Å². The Balaban J connectivity index is 2.58. The van der Waals surface area contributed by atoms with Gasteiger partial charge in [0.1, 0.15) is 0 Å².